The van der Waals surface area contributed by atoms with Crippen LogP contribution in [0.3, 0.4) is 0 Å². The number of benzene rings is 1. The Bertz CT molecular complexity index is 558. The van der Waals surface area contributed by atoms with Crippen LogP contribution in [0.5, 0.6) is 11.5 Å². The highest BCUT2D eigenvalue weighted by Gasteiger charge is 2.11. The Morgan fingerprint density at radius 3 is 2.60 bits per heavy atom. The molecule has 0 saturated carbocycles. The van der Waals surface area contributed by atoms with E-state index in [0.29, 0.717) is 12.3 Å². The Labute approximate surface area is 126 Å². The summed E-state index contributed by atoms with van der Waals surface area (Å²) in [7, 11) is 3.26. The quantitative estimate of drug-likeness (QED) is 0.849. The summed E-state index contributed by atoms with van der Waals surface area (Å²) < 4.78 is 11.6. The Morgan fingerprint density at radius 1 is 1.30 bits per heavy atom. The van der Waals surface area contributed by atoms with Gasteiger partial charge in [0, 0.05) is 28.8 Å². The molecule has 1 atom stereocenters. The molecule has 1 heterocycles. The van der Waals surface area contributed by atoms with Crippen LogP contribution < -0.4 is 14.8 Å². The average molecular weight is 340 g/mol. The number of aromatic nitrogens is 2. The van der Waals surface area contributed by atoms with Crippen molar-refractivity contribution in [2.75, 3.05) is 14.2 Å². The fourth-order valence-corrected chi connectivity index (χ4v) is 2.37. The molecular weight excluding hydrogens is 322 g/mol. The summed E-state index contributed by atoms with van der Waals surface area (Å²) in [6, 6.07) is 4.10. The average Bonchev–Trinajstić information content (AvgIpc) is 2.99. The zero-order chi connectivity index (χ0) is 14.5. The highest BCUT2D eigenvalue weighted by atomic mass is 79.9. The molecule has 0 bridgehead atoms. The van der Waals surface area contributed by atoms with Gasteiger partial charge in [-0.15, -0.1) is 0 Å². The second kappa shape index (κ2) is 6.76. The standard InChI is InChI=1S/C14H18BrN3O2/c1-9(11-7-17-18-8-11)16-6-10-4-13(19-2)14(20-3)5-12(10)15/h4-5,7-9,16H,6H2,1-3H3,(H,17,18). The molecule has 2 aromatic rings. The van der Waals surface area contributed by atoms with Crippen molar-refractivity contribution >= 4 is 15.9 Å². The van der Waals surface area contributed by atoms with E-state index in [0.717, 1.165) is 21.3 Å². The number of ether oxygens (including phenoxy) is 2. The van der Waals surface area contributed by atoms with E-state index in [9.17, 15) is 0 Å². The maximum Gasteiger partial charge on any atom is 0.161 e. The van der Waals surface area contributed by atoms with Gasteiger partial charge in [0.15, 0.2) is 11.5 Å². The summed E-state index contributed by atoms with van der Waals surface area (Å²) in [5.74, 6) is 1.44. The smallest absolute Gasteiger partial charge is 0.161 e. The highest BCUT2D eigenvalue weighted by Crippen LogP contribution is 2.33. The minimum absolute atomic E-state index is 0.216. The zero-order valence-electron chi connectivity index (χ0n) is 11.7. The second-order valence-corrected chi connectivity index (χ2v) is 5.29. The van der Waals surface area contributed by atoms with Crippen molar-refractivity contribution in [3.63, 3.8) is 0 Å². The third-order valence-corrected chi connectivity index (χ3v) is 3.91. The summed E-state index contributed by atoms with van der Waals surface area (Å²) in [5, 5.41) is 10.2. The summed E-state index contributed by atoms with van der Waals surface area (Å²) in [4.78, 5) is 0. The molecule has 108 valence electrons. The van der Waals surface area contributed by atoms with Crippen LogP contribution in [0.4, 0.5) is 0 Å². The van der Waals surface area contributed by atoms with Crippen LogP contribution in [0.25, 0.3) is 0 Å². The Balaban J connectivity index is 2.09. The lowest BCUT2D eigenvalue weighted by Gasteiger charge is -2.15. The SMILES string of the molecule is COc1cc(Br)c(CNC(C)c2cn[nH]c2)cc1OC. The van der Waals surface area contributed by atoms with Gasteiger partial charge in [0.05, 0.1) is 20.4 Å². The first-order chi connectivity index (χ1) is 9.65. The molecule has 0 radical (unpaired) electrons. The molecule has 20 heavy (non-hydrogen) atoms. The van der Waals surface area contributed by atoms with Gasteiger partial charge < -0.3 is 14.8 Å². The summed E-state index contributed by atoms with van der Waals surface area (Å²) in [5.41, 5.74) is 2.24. The molecule has 5 nitrogen and oxygen atoms in total. The number of hydrogen-bond acceptors (Lipinski definition) is 4. The van der Waals surface area contributed by atoms with E-state index in [-0.39, 0.29) is 6.04 Å². The van der Waals surface area contributed by atoms with Crippen molar-refractivity contribution in [1.82, 2.24) is 15.5 Å². The lowest BCUT2D eigenvalue weighted by atomic mass is 10.1. The van der Waals surface area contributed by atoms with Crippen LogP contribution in [0.2, 0.25) is 0 Å². The van der Waals surface area contributed by atoms with Crippen molar-refractivity contribution in [3.8, 4) is 11.5 Å². The molecule has 2 rings (SSSR count). The lowest BCUT2D eigenvalue weighted by Crippen LogP contribution is -2.18. The molecule has 1 aromatic heterocycles. The number of aromatic amines is 1. The van der Waals surface area contributed by atoms with Gasteiger partial charge in [0.2, 0.25) is 0 Å². The van der Waals surface area contributed by atoms with E-state index in [1.165, 1.54) is 0 Å². The largest absolute Gasteiger partial charge is 0.493 e. The van der Waals surface area contributed by atoms with Crippen molar-refractivity contribution in [2.45, 2.75) is 19.5 Å². The summed E-state index contributed by atoms with van der Waals surface area (Å²) in [6.07, 6.45) is 3.71. The summed E-state index contributed by atoms with van der Waals surface area (Å²) >= 11 is 3.56. The van der Waals surface area contributed by atoms with E-state index in [2.05, 4.69) is 38.4 Å². The van der Waals surface area contributed by atoms with Crippen molar-refractivity contribution < 1.29 is 9.47 Å². The van der Waals surface area contributed by atoms with E-state index >= 15 is 0 Å². The van der Waals surface area contributed by atoms with E-state index in [1.807, 2.05) is 24.5 Å². The molecular formula is C14H18BrN3O2. The van der Waals surface area contributed by atoms with Gasteiger partial charge in [-0.2, -0.15) is 5.10 Å². The monoisotopic (exact) mass is 339 g/mol. The first-order valence-corrected chi connectivity index (χ1v) is 7.07. The fraction of sp³-hybridized carbons (Fsp3) is 0.357. The number of halogens is 1. The predicted octanol–water partition coefficient (Wildman–Crippen LogP) is 3.04. The van der Waals surface area contributed by atoms with Crippen molar-refractivity contribution in [2.24, 2.45) is 0 Å². The number of hydrogen-bond donors (Lipinski definition) is 2. The first-order valence-electron chi connectivity index (χ1n) is 6.28. The molecule has 0 aliphatic heterocycles. The highest BCUT2D eigenvalue weighted by molar-refractivity contribution is 9.10. The van der Waals surface area contributed by atoms with Crippen LogP contribution >= 0.6 is 15.9 Å². The number of H-pyrrole nitrogens is 1. The topological polar surface area (TPSA) is 59.2 Å². The van der Waals surface area contributed by atoms with Gasteiger partial charge in [-0.1, -0.05) is 15.9 Å². The number of nitrogens with zero attached hydrogens (tertiary/aromatic N) is 1. The van der Waals surface area contributed by atoms with Gasteiger partial charge in [-0.25, -0.2) is 0 Å². The molecule has 2 N–H and O–H groups in total. The van der Waals surface area contributed by atoms with Crippen LogP contribution in [-0.2, 0) is 6.54 Å². The number of nitrogens with one attached hydrogen (secondary N) is 2. The molecule has 1 unspecified atom stereocenters. The number of methoxy groups -OCH3 is 2. The van der Waals surface area contributed by atoms with Crippen LogP contribution in [0.15, 0.2) is 29.0 Å². The maximum atomic E-state index is 5.32. The Morgan fingerprint density at radius 2 is 2.00 bits per heavy atom. The normalized spacial score (nSPS) is 12.2. The molecule has 0 amide bonds. The van der Waals surface area contributed by atoms with Crippen LogP contribution in [0, 0.1) is 0 Å². The third kappa shape index (κ3) is 3.32. The van der Waals surface area contributed by atoms with Gasteiger partial charge in [0.25, 0.3) is 0 Å². The molecule has 1 aromatic carbocycles. The van der Waals surface area contributed by atoms with E-state index < -0.39 is 0 Å². The number of rotatable bonds is 6. The van der Waals surface area contributed by atoms with E-state index in [4.69, 9.17) is 9.47 Å². The third-order valence-electron chi connectivity index (χ3n) is 3.17. The minimum Gasteiger partial charge on any atom is -0.493 e. The molecule has 0 fully saturated rings. The van der Waals surface area contributed by atoms with E-state index in [1.54, 1.807) is 14.2 Å². The molecule has 0 aliphatic rings. The van der Waals surface area contributed by atoms with Crippen LogP contribution in [0.1, 0.15) is 24.1 Å². The minimum atomic E-state index is 0.216. The molecule has 0 saturated heterocycles. The Hall–Kier alpha value is -1.53. The van der Waals surface area contributed by atoms with Gasteiger partial charge in [-0.05, 0) is 24.6 Å². The predicted molar refractivity (Wildman–Crippen MR) is 81.1 cm³/mol. The Kier molecular flexibility index (Phi) is 5.03. The zero-order valence-corrected chi connectivity index (χ0v) is 13.3. The van der Waals surface area contributed by atoms with Crippen molar-refractivity contribution in [1.29, 1.82) is 0 Å². The molecule has 6 heteroatoms. The van der Waals surface area contributed by atoms with Gasteiger partial charge in [-0.3, -0.25) is 5.10 Å². The second-order valence-electron chi connectivity index (χ2n) is 4.43. The molecule has 0 aliphatic carbocycles. The summed E-state index contributed by atoms with van der Waals surface area (Å²) in [6.45, 7) is 2.81. The lowest BCUT2D eigenvalue weighted by molar-refractivity contribution is 0.354. The maximum absolute atomic E-state index is 5.32. The first kappa shape index (κ1) is 14.9. The van der Waals surface area contributed by atoms with Crippen molar-refractivity contribution in [3.05, 3.63) is 40.1 Å². The fourth-order valence-electron chi connectivity index (χ4n) is 1.91. The van der Waals surface area contributed by atoms with Gasteiger partial charge in [0.1, 0.15) is 0 Å². The van der Waals surface area contributed by atoms with Crippen LogP contribution in [-0.4, -0.2) is 24.4 Å². The van der Waals surface area contributed by atoms with Gasteiger partial charge >= 0.3 is 0 Å². The molecule has 0 spiro atoms.